The van der Waals surface area contributed by atoms with Gasteiger partial charge in [-0.25, -0.2) is 9.97 Å². The van der Waals surface area contributed by atoms with Crippen LogP contribution in [0.2, 0.25) is 35.7 Å². The molecule has 1 aliphatic heterocycles. The predicted octanol–water partition coefficient (Wildman–Crippen LogP) is 6.65. The van der Waals surface area contributed by atoms with Gasteiger partial charge in [0.25, 0.3) is 5.91 Å². The van der Waals surface area contributed by atoms with Crippen molar-refractivity contribution in [1.29, 1.82) is 5.26 Å². The van der Waals surface area contributed by atoms with Crippen LogP contribution in [-0.4, -0.2) is 85.3 Å². The molecule has 242 valence electrons. The van der Waals surface area contributed by atoms with Crippen molar-refractivity contribution in [2.24, 2.45) is 0 Å². The summed E-state index contributed by atoms with van der Waals surface area (Å²) in [6.45, 7) is 10.7. The second-order valence-corrected chi connectivity index (χ2v) is 19.1. The highest BCUT2D eigenvalue weighted by Gasteiger charge is 2.24. The number of methoxy groups -OCH3 is 1. The predicted molar refractivity (Wildman–Crippen MR) is 185 cm³/mol. The SMILES string of the molecule is COc1cc(C(=O)N2CCN(C)CC2)ccc1Nc1nc(Cc2c(Cl)cccc2Cl)c2ncn(COCC[Si](C)(C)C)c2c1C#N. The number of benzene rings is 2. The summed E-state index contributed by atoms with van der Waals surface area (Å²) < 4.78 is 13.6. The number of halogens is 2. The molecular formula is C33H39Cl2N7O3Si. The van der Waals surface area contributed by atoms with Gasteiger partial charge in [0, 0.05) is 62.9 Å². The number of hydrogen-bond acceptors (Lipinski definition) is 8. The molecule has 5 rings (SSSR count). The van der Waals surface area contributed by atoms with Gasteiger partial charge in [0.15, 0.2) is 5.82 Å². The molecule has 1 N–H and O–H groups in total. The van der Waals surface area contributed by atoms with Crippen LogP contribution < -0.4 is 10.1 Å². The number of imidazole rings is 1. The normalized spacial score (nSPS) is 14.0. The van der Waals surface area contributed by atoms with Gasteiger partial charge in [-0.2, -0.15) is 5.26 Å². The number of nitriles is 1. The number of carbonyl (C=O) groups excluding carboxylic acids is 1. The molecule has 3 heterocycles. The number of likely N-dealkylation sites (N-methyl/N-ethyl adjacent to an activating group) is 1. The van der Waals surface area contributed by atoms with Crippen molar-refractivity contribution in [1.82, 2.24) is 24.3 Å². The van der Waals surface area contributed by atoms with E-state index in [-0.39, 0.29) is 12.6 Å². The van der Waals surface area contributed by atoms with Crippen LogP contribution in [-0.2, 0) is 17.9 Å². The summed E-state index contributed by atoms with van der Waals surface area (Å²) in [5, 5.41) is 14.8. The molecule has 0 radical (unpaired) electrons. The molecule has 0 unspecified atom stereocenters. The molecule has 0 atom stereocenters. The molecule has 0 bridgehead atoms. The molecular weight excluding hydrogens is 641 g/mol. The Balaban J connectivity index is 1.53. The van der Waals surface area contributed by atoms with E-state index in [4.69, 9.17) is 37.7 Å². The number of amides is 1. The molecule has 0 spiro atoms. The molecule has 2 aromatic carbocycles. The average Bonchev–Trinajstić information content (AvgIpc) is 3.45. The van der Waals surface area contributed by atoms with E-state index in [9.17, 15) is 10.1 Å². The van der Waals surface area contributed by atoms with E-state index in [1.165, 1.54) is 0 Å². The number of anilines is 2. The van der Waals surface area contributed by atoms with Crippen LogP contribution in [0.4, 0.5) is 11.5 Å². The minimum absolute atomic E-state index is 0.0489. The number of nitrogens with zero attached hydrogens (tertiary/aromatic N) is 6. The van der Waals surface area contributed by atoms with Crippen LogP contribution in [0.25, 0.3) is 11.0 Å². The Morgan fingerprint density at radius 1 is 1.11 bits per heavy atom. The van der Waals surface area contributed by atoms with Crippen LogP contribution in [0.1, 0.15) is 27.2 Å². The largest absolute Gasteiger partial charge is 0.495 e. The van der Waals surface area contributed by atoms with Gasteiger partial charge in [0.2, 0.25) is 0 Å². The maximum atomic E-state index is 13.3. The van der Waals surface area contributed by atoms with E-state index in [0.29, 0.717) is 86.8 Å². The first kappa shape index (κ1) is 33.7. The van der Waals surface area contributed by atoms with Gasteiger partial charge in [-0.15, -0.1) is 0 Å². The number of nitrogens with one attached hydrogen (secondary N) is 1. The zero-order valence-electron chi connectivity index (χ0n) is 26.9. The number of aromatic nitrogens is 3. The van der Waals surface area contributed by atoms with Crippen molar-refractivity contribution in [2.75, 3.05) is 52.3 Å². The minimum Gasteiger partial charge on any atom is -0.495 e. The zero-order chi connectivity index (χ0) is 33.0. The Bertz CT molecular complexity index is 1760. The standard InChI is InChI=1S/C33H39Cl2N7O3Si/c1-40-11-13-41(14-12-40)33(43)22-9-10-27(29(17-22)44-2)38-32-24(19-36)31-30(37-20-42(31)21-45-15-16-46(3,4)5)28(39-32)18-23-25(34)7-6-8-26(23)35/h6-10,17,20H,11-16,18,21H2,1-5H3,(H,38,39). The first-order chi connectivity index (χ1) is 22.0. The Morgan fingerprint density at radius 3 is 2.48 bits per heavy atom. The smallest absolute Gasteiger partial charge is 0.254 e. The molecule has 1 amide bonds. The van der Waals surface area contributed by atoms with E-state index in [2.05, 4.69) is 48.0 Å². The minimum atomic E-state index is -1.28. The fourth-order valence-electron chi connectivity index (χ4n) is 5.29. The maximum Gasteiger partial charge on any atom is 0.254 e. The quantitative estimate of drug-likeness (QED) is 0.139. The lowest BCUT2D eigenvalue weighted by atomic mass is 10.1. The second kappa shape index (κ2) is 14.4. The van der Waals surface area contributed by atoms with Gasteiger partial charge >= 0.3 is 0 Å². The third-order valence-electron chi connectivity index (χ3n) is 8.07. The van der Waals surface area contributed by atoms with Crippen LogP contribution in [0.3, 0.4) is 0 Å². The van der Waals surface area contributed by atoms with Crippen LogP contribution >= 0.6 is 23.2 Å². The number of ether oxygens (including phenoxy) is 2. The summed E-state index contributed by atoms with van der Waals surface area (Å²) in [6, 6.07) is 14.0. The molecule has 0 saturated carbocycles. The summed E-state index contributed by atoms with van der Waals surface area (Å²) in [7, 11) is 2.31. The average molecular weight is 681 g/mol. The fraction of sp³-hybridized carbons (Fsp3) is 0.394. The van der Waals surface area contributed by atoms with E-state index < -0.39 is 8.07 Å². The highest BCUT2D eigenvalue weighted by atomic mass is 35.5. The van der Waals surface area contributed by atoms with Gasteiger partial charge in [0.1, 0.15) is 29.6 Å². The lowest BCUT2D eigenvalue weighted by Gasteiger charge is -2.32. The van der Waals surface area contributed by atoms with Crippen molar-refractivity contribution in [3.05, 3.63) is 75.2 Å². The Labute approximate surface area is 280 Å². The summed E-state index contributed by atoms with van der Waals surface area (Å²) in [5.41, 5.74) is 3.83. The van der Waals surface area contributed by atoms with E-state index in [1.807, 2.05) is 9.47 Å². The number of fused-ring (bicyclic) bond motifs is 1. The molecule has 1 aliphatic rings. The third-order valence-corrected chi connectivity index (χ3v) is 10.5. The summed E-state index contributed by atoms with van der Waals surface area (Å²) >= 11 is 13.1. The molecule has 10 nitrogen and oxygen atoms in total. The number of rotatable bonds is 11. The molecule has 4 aromatic rings. The van der Waals surface area contributed by atoms with E-state index in [1.54, 1.807) is 49.8 Å². The Morgan fingerprint density at radius 2 is 1.83 bits per heavy atom. The molecule has 2 aromatic heterocycles. The Kier molecular flexibility index (Phi) is 10.5. The number of pyridine rings is 1. The first-order valence-corrected chi connectivity index (χ1v) is 19.7. The molecule has 1 fully saturated rings. The number of hydrogen-bond donors (Lipinski definition) is 1. The fourth-order valence-corrected chi connectivity index (χ4v) is 6.57. The van der Waals surface area contributed by atoms with E-state index in [0.717, 1.165) is 19.1 Å². The molecule has 0 aliphatic carbocycles. The highest BCUT2D eigenvalue weighted by molar-refractivity contribution is 6.76. The first-order valence-electron chi connectivity index (χ1n) is 15.2. The van der Waals surface area contributed by atoms with Crippen molar-refractivity contribution in [2.45, 2.75) is 38.8 Å². The van der Waals surface area contributed by atoms with Gasteiger partial charge < -0.3 is 29.2 Å². The highest BCUT2D eigenvalue weighted by Crippen LogP contribution is 2.35. The van der Waals surface area contributed by atoms with Crippen LogP contribution in [0, 0.1) is 11.3 Å². The number of piperazine rings is 1. The number of carbonyl (C=O) groups is 1. The molecule has 46 heavy (non-hydrogen) atoms. The summed E-state index contributed by atoms with van der Waals surface area (Å²) in [5.74, 6) is 0.713. The zero-order valence-corrected chi connectivity index (χ0v) is 29.4. The lowest BCUT2D eigenvalue weighted by Crippen LogP contribution is -2.47. The monoisotopic (exact) mass is 679 g/mol. The van der Waals surface area contributed by atoms with Crippen LogP contribution in [0.5, 0.6) is 5.75 Å². The van der Waals surface area contributed by atoms with Gasteiger partial charge in [0.05, 0.1) is 30.3 Å². The topological polar surface area (TPSA) is 109 Å². The maximum absolute atomic E-state index is 13.3. The summed E-state index contributed by atoms with van der Waals surface area (Å²) in [4.78, 5) is 26.9. The van der Waals surface area contributed by atoms with Gasteiger partial charge in [-0.05, 0) is 49.0 Å². The van der Waals surface area contributed by atoms with Crippen molar-refractivity contribution in [3.63, 3.8) is 0 Å². The lowest BCUT2D eigenvalue weighted by molar-refractivity contribution is 0.0663. The Hall–Kier alpha value is -3.66. The van der Waals surface area contributed by atoms with E-state index >= 15 is 0 Å². The van der Waals surface area contributed by atoms with Crippen LogP contribution in [0.15, 0.2) is 42.7 Å². The third kappa shape index (κ3) is 7.65. The molecule has 13 heteroatoms. The van der Waals surface area contributed by atoms with Crippen molar-refractivity contribution >= 4 is 59.7 Å². The second-order valence-electron chi connectivity index (χ2n) is 12.7. The molecule has 1 saturated heterocycles. The van der Waals surface area contributed by atoms with Gasteiger partial charge in [-0.3, -0.25) is 4.79 Å². The van der Waals surface area contributed by atoms with Gasteiger partial charge in [-0.1, -0.05) is 48.9 Å². The van der Waals surface area contributed by atoms with Crippen molar-refractivity contribution in [3.8, 4) is 11.8 Å². The van der Waals surface area contributed by atoms with Crippen molar-refractivity contribution < 1.29 is 14.3 Å². The summed E-state index contributed by atoms with van der Waals surface area (Å²) in [6.07, 6.45) is 1.96.